The van der Waals surface area contributed by atoms with Gasteiger partial charge in [0.25, 0.3) is 0 Å². The first-order chi connectivity index (χ1) is 15.5. The molecule has 0 aliphatic carbocycles. The Morgan fingerprint density at radius 3 is 2.31 bits per heavy atom. The van der Waals surface area contributed by atoms with Crippen LogP contribution in [-0.2, 0) is 4.79 Å². The topological polar surface area (TPSA) is 72.2 Å². The number of hydrogen-bond acceptors (Lipinski definition) is 6. The summed E-state index contributed by atoms with van der Waals surface area (Å²) < 4.78 is 1.83. The van der Waals surface area contributed by atoms with Crippen LogP contribution in [-0.4, -0.2) is 25.6 Å². The van der Waals surface area contributed by atoms with Crippen molar-refractivity contribution in [2.75, 3.05) is 5.43 Å². The van der Waals surface area contributed by atoms with Gasteiger partial charge in [0, 0.05) is 23.2 Å². The summed E-state index contributed by atoms with van der Waals surface area (Å²) in [4.78, 5) is 12.3. The Labute approximate surface area is 199 Å². The van der Waals surface area contributed by atoms with Crippen LogP contribution in [0.1, 0.15) is 6.92 Å². The van der Waals surface area contributed by atoms with Crippen molar-refractivity contribution in [1.82, 2.24) is 14.8 Å². The molecule has 0 unspecified atom stereocenters. The Balaban J connectivity index is 1.76. The highest BCUT2D eigenvalue weighted by Crippen LogP contribution is 2.34. The van der Waals surface area contributed by atoms with Crippen LogP contribution in [0.5, 0.6) is 0 Å². The van der Waals surface area contributed by atoms with E-state index in [4.69, 9.17) is 23.2 Å². The van der Waals surface area contributed by atoms with E-state index in [-0.39, 0.29) is 10.8 Å². The fraction of sp³-hybridized carbons (Fsp3) is 0.0435. The van der Waals surface area contributed by atoms with E-state index in [0.717, 1.165) is 23.1 Å². The van der Waals surface area contributed by atoms with Crippen molar-refractivity contribution in [1.29, 1.82) is 0 Å². The van der Waals surface area contributed by atoms with Crippen LogP contribution in [0.25, 0.3) is 17.1 Å². The molecule has 0 amide bonds. The highest BCUT2D eigenvalue weighted by atomic mass is 35.5. The molecule has 1 N–H and O–H groups in total. The molecule has 1 heterocycles. The number of nitrogens with one attached hydrogen (secondary N) is 1. The molecule has 0 radical (unpaired) electrons. The Morgan fingerprint density at radius 2 is 1.66 bits per heavy atom. The molecule has 32 heavy (non-hydrogen) atoms. The van der Waals surface area contributed by atoms with Crippen molar-refractivity contribution in [3.05, 3.63) is 88.9 Å². The van der Waals surface area contributed by atoms with Crippen LogP contribution in [0.2, 0.25) is 10.0 Å². The van der Waals surface area contributed by atoms with Gasteiger partial charge in [-0.15, -0.1) is 10.2 Å². The molecule has 0 bridgehead atoms. The molecule has 0 atom stereocenters. The maximum Gasteiger partial charge on any atom is 0.202 e. The first kappa shape index (κ1) is 22.1. The van der Waals surface area contributed by atoms with Gasteiger partial charge in [-0.1, -0.05) is 59.6 Å². The molecule has 1 aromatic heterocycles. The molecule has 0 spiro atoms. The second-order valence-corrected chi connectivity index (χ2v) is 8.45. The summed E-state index contributed by atoms with van der Waals surface area (Å²) in [5.74, 6) is 0.325. The molecule has 0 saturated heterocycles. The van der Waals surface area contributed by atoms with Crippen molar-refractivity contribution in [3.8, 4) is 17.1 Å². The second kappa shape index (κ2) is 9.99. The van der Waals surface area contributed by atoms with Crippen molar-refractivity contribution in [2.45, 2.75) is 12.1 Å². The number of aromatic nitrogens is 3. The molecule has 4 aromatic rings. The normalized spacial score (nSPS) is 11.4. The van der Waals surface area contributed by atoms with E-state index in [1.54, 1.807) is 18.2 Å². The molecule has 4 rings (SSSR count). The number of Topliss-reactive ketones (excluding diaryl/α,β-unsaturated/α-hetero) is 1. The number of hydrogen-bond donors (Lipinski definition) is 1. The zero-order valence-corrected chi connectivity index (χ0v) is 19.2. The number of rotatable bonds is 6. The smallest absolute Gasteiger partial charge is 0.202 e. The summed E-state index contributed by atoms with van der Waals surface area (Å²) in [6.07, 6.45) is 0. The van der Waals surface area contributed by atoms with Crippen molar-refractivity contribution in [3.63, 3.8) is 0 Å². The van der Waals surface area contributed by atoms with Crippen molar-refractivity contribution >= 4 is 51.5 Å². The van der Waals surface area contributed by atoms with Gasteiger partial charge in [-0.05, 0) is 54.2 Å². The molecular weight excluding hydrogens is 465 g/mol. The average molecular weight is 482 g/mol. The number of thioether (sulfide) groups is 1. The number of halogens is 2. The third kappa shape index (κ3) is 5.02. The monoisotopic (exact) mass is 481 g/mol. The molecule has 160 valence electrons. The Hall–Kier alpha value is -3.13. The number of benzene rings is 3. The van der Waals surface area contributed by atoms with E-state index in [9.17, 15) is 4.79 Å². The quantitative estimate of drug-likeness (QED) is 0.150. The molecule has 3 aromatic carbocycles. The van der Waals surface area contributed by atoms with Gasteiger partial charge in [-0.2, -0.15) is 5.10 Å². The van der Waals surface area contributed by atoms with Crippen LogP contribution in [0, 0.1) is 0 Å². The van der Waals surface area contributed by atoms with Gasteiger partial charge in [0.15, 0.2) is 16.7 Å². The van der Waals surface area contributed by atoms with Gasteiger partial charge >= 0.3 is 0 Å². The van der Waals surface area contributed by atoms with Crippen molar-refractivity contribution in [2.24, 2.45) is 5.10 Å². The van der Waals surface area contributed by atoms with E-state index >= 15 is 0 Å². The zero-order valence-electron chi connectivity index (χ0n) is 16.9. The van der Waals surface area contributed by atoms with Gasteiger partial charge in [-0.25, -0.2) is 0 Å². The predicted molar refractivity (Wildman–Crippen MR) is 131 cm³/mol. The number of hydrazone groups is 1. The lowest BCUT2D eigenvalue weighted by atomic mass is 10.2. The number of carbonyl (C=O) groups excluding carboxylic acids is 1. The van der Waals surface area contributed by atoms with Crippen LogP contribution in [0.3, 0.4) is 0 Å². The molecule has 6 nitrogen and oxygen atoms in total. The van der Waals surface area contributed by atoms with Crippen LogP contribution in [0.4, 0.5) is 5.69 Å². The summed E-state index contributed by atoms with van der Waals surface area (Å²) in [6, 6.07) is 24.2. The standard InChI is InChI=1S/C23H17Cl2N5OS/c1-15(31)22(28-26-17-8-4-2-5-9-17)32-23-29-27-21(19-13-12-16(24)14-20(19)25)30(23)18-10-6-3-7-11-18/h2-14,26H,1H3. The Kier molecular flexibility index (Phi) is 6.90. The van der Waals surface area contributed by atoms with Gasteiger partial charge < -0.3 is 0 Å². The molecule has 0 aliphatic rings. The lowest BCUT2D eigenvalue weighted by molar-refractivity contribution is -0.110. The molecule has 9 heteroatoms. The van der Waals surface area contributed by atoms with Crippen LogP contribution < -0.4 is 5.43 Å². The maximum atomic E-state index is 12.3. The summed E-state index contributed by atoms with van der Waals surface area (Å²) in [7, 11) is 0. The van der Waals surface area contributed by atoms with Crippen LogP contribution >= 0.6 is 35.0 Å². The van der Waals surface area contributed by atoms with Gasteiger partial charge in [0.05, 0.1) is 10.7 Å². The molecule has 0 saturated carbocycles. The fourth-order valence-corrected chi connectivity index (χ4v) is 4.14. The highest BCUT2D eigenvalue weighted by molar-refractivity contribution is 8.15. The van der Waals surface area contributed by atoms with E-state index in [2.05, 4.69) is 20.7 Å². The molecule has 0 fully saturated rings. The first-order valence-electron chi connectivity index (χ1n) is 9.56. The van der Waals surface area contributed by atoms with Gasteiger partial charge in [0.2, 0.25) is 5.16 Å². The summed E-state index contributed by atoms with van der Waals surface area (Å²) in [6.45, 7) is 1.46. The molecule has 0 aliphatic heterocycles. The fourth-order valence-electron chi connectivity index (χ4n) is 2.88. The number of carbonyl (C=O) groups is 1. The number of anilines is 1. The number of ketones is 1. The Morgan fingerprint density at radius 1 is 0.969 bits per heavy atom. The first-order valence-corrected chi connectivity index (χ1v) is 11.1. The van der Waals surface area contributed by atoms with Gasteiger partial charge in [0.1, 0.15) is 0 Å². The van der Waals surface area contributed by atoms with E-state index in [1.165, 1.54) is 6.92 Å². The summed E-state index contributed by atoms with van der Waals surface area (Å²) >= 11 is 13.6. The Bertz CT molecular complexity index is 1280. The predicted octanol–water partition coefficient (Wildman–Crippen LogP) is 6.35. The lowest BCUT2D eigenvalue weighted by Crippen LogP contribution is -2.10. The largest absolute Gasteiger partial charge is 0.292 e. The SMILES string of the molecule is CC(=O)C(=NNc1ccccc1)Sc1nnc(-c2ccc(Cl)cc2Cl)n1-c1ccccc1. The van der Waals surface area contributed by atoms with E-state index < -0.39 is 0 Å². The average Bonchev–Trinajstić information content (AvgIpc) is 3.21. The lowest BCUT2D eigenvalue weighted by Gasteiger charge is -2.11. The minimum Gasteiger partial charge on any atom is -0.292 e. The maximum absolute atomic E-state index is 12.3. The summed E-state index contributed by atoms with van der Waals surface area (Å²) in [5, 5.41) is 14.7. The van der Waals surface area contributed by atoms with E-state index in [0.29, 0.717) is 26.6 Å². The number of nitrogens with zero attached hydrogens (tertiary/aromatic N) is 4. The van der Waals surface area contributed by atoms with E-state index in [1.807, 2.05) is 65.2 Å². The number of para-hydroxylation sites is 2. The third-order valence-corrected chi connectivity index (χ3v) is 5.94. The second-order valence-electron chi connectivity index (χ2n) is 6.65. The van der Waals surface area contributed by atoms with Crippen molar-refractivity contribution < 1.29 is 4.79 Å². The summed E-state index contributed by atoms with van der Waals surface area (Å²) in [5.41, 5.74) is 5.17. The minimum atomic E-state index is -0.202. The molecular formula is C23H17Cl2N5OS. The van der Waals surface area contributed by atoms with Crippen LogP contribution in [0.15, 0.2) is 89.1 Å². The van der Waals surface area contributed by atoms with Gasteiger partial charge in [-0.3, -0.25) is 14.8 Å². The zero-order chi connectivity index (χ0) is 22.5. The highest BCUT2D eigenvalue weighted by Gasteiger charge is 2.21. The minimum absolute atomic E-state index is 0.202. The third-order valence-electron chi connectivity index (χ3n) is 4.37.